The number of imidazole rings is 2. The summed E-state index contributed by atoms with van der Waals surface area (Å²) < 4.78 is 2.34. The van der Waals surface area contributed by atoms with E-state index in [4.69, 9.17) is 0 Å². The van der Waals surface area contributed by atoms with E-state index in [0.717, 1.165) is 43.4 Å². The van der Waals surface area contributed by atoms with Crippen LogP contribution in [0.4, 0.5) is 0 Å². The van der Waals surface area contributed by atoms with Crippen molar-refractivity contribution in [1.82, 2.24) is 34.6 Å². The molecule has 4 heterocycles. The van der Waals surface area contributed by atoms with Crippen molar-refractivity contribution in [2.24, 2.45) is 0 Å². The summed E-state index contributed by atoms with van der Waals surface area (Å²) in [6.07, 6.45) is 24.4. The molecule has 1 unspecified atom stereocenters. The zero-order valence-corrected chi connectivity index (χ0v) is 21.2. The molecule has 34 heavy (non-hydrogen) atoms. The smallest absolute Gasteiger partial charge is 0.122 e. The summed E-state index contributed by atoms with van der Waals surface area (Å²) in [4.78, 5) is 17.2. The summed E-state index contributed by atoms with van der Waals surface area (Å²) in [5.74, 6) is 2.15. The van der Waals surface area contributed by atoms with Gasteiger partial charge in [0.1, 0.15) is 11.6 Å². The SMILES string of the molecule is CN(Cc1ncc[nH]1)Cc1nccn1CCCCC1CCC2(CCN(C3CCCCC3)CC2)N1. The number of nitrogens with zero attached hydrogens (tertiary/aromatic N) is 5. The molecule has 2 saturated heterocycles. The van der Waals surface area contributed by atoms with Gasteiger partial charge in [0.05, 0.1) is 13.1 Å². The number of hydrogen-bond donors (Lipinski definition) is 2. The molecule has 3 fully saturated rings. The Balaban J connectivity index is 0.999. The maximum absolute atomic E-state index is 4.61. The van der Waals surface area contributed by atoms with Gasteiger partial charge in [0.25, 0.3) is 0 Å². The van der Waals surface area contributed by atoms with Crippen LogP contribution in [0.2, 0.25) is 0 Å². The van der Waals surface area contributed by atoms with Gasteiger partial charge >= 0.3 is 0 Å². The molecule has 1 spiro atoms. The molecular formula is C27H45N7. The first-order valence-corrected chi connectivity index (χ1v) is 13.9. The number of aromatic nitrogens is 4. The van der Waals surface area contributed by atoms with Gasteiger partial charge in [0, 0.05) is 62.0 Å². The minimum absolute atomic E-state index is 0.450. The number of unbranched alkanes of at least 4 members (excludes halogenated alkanes) is 1. The second-order valence-electron chi connectivity index (χ2n) is 11.2. The molecule has 0 amide bonds. The molecule has 0 bridgehead atoms. The standard InChI is InChI=1S/C27H45N7/c1-32(21-25-28-14-15-29-25)22-26-30-16-20-34(26)17-6-5-7-23-10-11-27(31-23)12-18-33(19-13-27)24-8-3-2-4-9-24/h14-16,20,23-24,31H,2-13,17-19,21-22H2,1H3,(H,28,29). The normalized spacial score (nSPS) is 23.9. The molecule has 2 aromatic heterocycles. The lowest BCUT2D eigenvalue weighted by molar-refractivity contribution is 0.0855. The van der Waals surface area contributed by atoms with Gasteiger partial charge in [-0.3, -0.25) is 4.90 Å². The molecule has 3 aliphatic rings. The van der Waals surface area contributed by atoms with Crippen molar-refractivity contribution in [3.8, 4) is 0 Å². The Bertz CT molecular complexity index is 846. The van der Waals surface area contributed by atoms with Crippen LogP contribution in [-0.4, -0.2) is 67.1 Å². The van der Waals surface area contributed by atoms with Crippen LogP contribution in [0.5, 0.6) is 0 Å². The predicted molar refractivity (Wildman–Crippen MR) is 136 cm³/mol. The summed E-state index contributed by atoms with van der Waals surface area (Å²) in [5.41, 5.74) is 0.450. The summed E-state index contributed by atoms with van der Waals surface area (Å²) >= 11 is 0. The molecule has 0 aromatic carbocycles. The number of rotatable bonds is 10. The van der Waals surface area contributed by atoms with Gasteiger partial charge in [-0.1, -0.05) is 25.7 Å². The minimum atomic E-state index is 0.450. The average Bonchev–Trinajstić information content (AvgIpc) is 3.61. The Morgan fingerprint density at radius 3 is 2.65 bits per heavy atom. The Morgan fingerprint density at radius 2 is 1.85 bits per heavy atom. The van der Waals surface area contributed by atoms with Crippen LogP contribution in [0.3, 0.4) is 0 Å². The molecule has 1 atom stereocenters. The third kappa shape index (κ3) is 6.10. The van der Waals surface area contributed by atoms with Crippen molar-refractivity contribution in [1.29, 1.82) is 0 Å². The highest BCUT2D eigenvalue weighted by molar-refractivity contribution is 5.01. The van der Waals surface area contributed by atoms with Gasteiger partial charge in [-0.2, -0.15) is 0 Å². The van der Waals surface area contributed by atoms with Crippen LogP contribution in [0.15, 0.2) is 24.8 Å². The van der Waals surface area contributed by atoms with E-state index >= 15 is 0 Å². The molecule has 7 nitrogen and oxygen atoms in total. The quantitative estimate of drug-likeness (QED) is 0.509. The van der Waals surface area contributed by atoms with Crippen LogP contribution in [0.25, 0.3) is 0 Å². The second kappa shape index (κ2) is 11.4. The number of piperidine rings is 1. The Labute approximate surface area is 205 Å². The molecule has 1 saturated carbocycles. The molecule has 188 valence electrons. The second-order valence-corrected chi connectivity index (χ2v) is 11.2. The molecule has 0 radical (unpaired) electrons. The Kier molecular flexibility index (Phi) is 8.02. The molecular weight excluding hydrogens is 422 g/mol. The predicted octanol–water partition coefficient (Wildman–Crippen LogP) is 4.33. The number of H-pyrrole nitrogens is 1. The zero-order chi connectivity index (χ0) is 23.2. The Hall–Kier alpha value is -1.70. The van der Waals surface area contributed by atoms with E-state index < -0.39 is 0 Å². The average molecular weight is 468 g/mol. The van der Waals surface area contributed by atoms with Crippen LogP contribution < -0.4 is 5.32 Å². The summed E-state index contributed by atoms with van der Waals surface area (Å²) in [5, 5.41) is 4.12. The van der Waals surface area contributed by atoms with Crippen molar-refractivity contribution in [3.63, 3.8) is 0 Å². The van der Waals surface area contributed by atoms with Crippen LogP contribution >= 0.6 is 0 Å². The van der Waals surface area contributed by atoms with Gasteiger partial charge < -0.3 is 19.8 Å². The lowest BCUT2D eigenvalue weighted by Crippen LogP contribution is -2.54. The van der Waals surface area contributed by atoms with E-state index in [2.05, 4.69) is 47.9 Å². The molecule has 7 heteroatoms. The zero-order valence-electron chi connectivity index (χ0n) is 21.2. The molecule has 2 N–H and O–H groups in total. The number of nitrogens with one attached hydrogen (secondary N) is 2. The highest BCUT2D eigenvalue weighted by Gasteiger charge is 2.41. The van der Waals surface area contributed by atoms with E-state index in [9.17, 15) is 0 Å². The first-order chi connectivity index (χ1) is 16.7. The topological polar surface area (TPSA) is 65.0 Å². The lowest BCUT2D eigenvalue weighted by Gasteiger charge is -2.44. The summed E-state index contributed by atoms with van der Waals surface area (Å²) in [7, 11) is 2.13. The van der Waals surface area contributed by atoms with Gasteiger partial charge in [-0.25, -0.2) is 9.97 Å². The van der Waals surface area contributed by atoms with Gasteiger partial charge in [0.15, 0.2) is 0 Å². The fourth-order valence-corrected chi connectivity index (χ4v) is 6.71. The maximum Gasteiger partial charge on any atom is 0.122 e. The minimum Gasteiger partial charge on any atom is -0.348 e. The van der Waals surface area contributed by atoms with Crippen molar-refractivity contribution in [2.45, 2.75) is 114 Å². The van der Waals surface area contributed by atoms with Gasteiger partial charge in [0.2, 0.25) is 0 Å². The maximum atomic E-state index is 4.61. The third-order valence-corrected chi connectivity index (χ3v) is 8.72. The Morgan fingerprint density at radius 1 is 1.00 bits per heavy atom. The van der Waals surface area contributed by atoms with Crippen molar-refractivity contribution < 1.29 is 0 Å². The number of hydrogen-bond acceptors (Lipinski definition) is 5. The van der Waals surface area contributed by atoms with Crippen LogP contribution in [0, 0.1) is 0 Å². The third-order valence-electron chi connectivity index (χ3n) is 8.72. The van der Waals surface area contributed by atoms with Crippen LogP contribution in [0.1, 0.15) is 88.7 Å². The fraction of sp³-hybridized carbons (Fsp3) is 0.778. The van der Waals surface area contributed by atoms with E-state index in [1.807, 2.05) is 18.6 Å². The molecule has 2 aromatic rings. The van der Waals surface area contributed by atoms with Crippen molar-refractivity contribution in [3.05, 3.63) is 36.4 Å². The molecule has 2 aliphatic heterocycles. The molecule has 1 aliphatic carbocycles. The van der Waals surface area contributed by atoms with Crippen molar-refractivity contribution in [2.75, 3.05) is 20.1 Å². The van der Waals surface area contributed by atoms with E-state index in [1.165, 1.54) is 90.1 Å². The first kappa shape index (κ1) is 24.0. The monoisotopic (exact) mass is 467 g/mol. The van der Waals surface area contributed by atoms with Gasteiger partial charge in [-0.15, -0.1) is 0 Å². The summed E-state index contributed by atoms with van der Waals surface area (Å²) in [6.45, 7) is 5.37. The molecule has 5 rings (SSSR count). The van der Waals surface area contributed by atoms with E-state index in [1.54, 1.807) is 0 Å². The highest BCUT2D eigenvalue weighted by atomic mass is 15.2. The van der Waals surface area contributed by atoms with Crippen molar-refractivity contribution >= 4 is 0 Å². The largest absolute Gasteiger partial charge is 0.348 e. The van der Waals surface area contributed by atoms with Crippen LogP contribution in [-0.2, 0) is 19.6 Å². The first-order valence-electron chi connectivity index (χ1n) is 13.9. The van der Waals surface area contributed by atoms with Gasteiger partial charge in [-0.05, 0) is 58.4 Å². The van der Waals surface area contributed by atoms with E-state index in [-0.39, 0.29) is 0 Å². The number of aromatic amines is 1. The summed E-state index contributed by atoms with van der Waals surface area (Å²) in [6, 6.07) is 1.62. The lowest BCUT2D eigenvalue weighted by atomic mass is 9.84. The fourth-order valence-electron chi connectivity index (χ4n) is 6.71. The number of aryl methyl sites for hydroxylation is 1. The van der Waals surface area contributed by atoms with E-state index in [0.29, 0.717) is 5.54 Å². The highest BCUT2D eigenvalue weighted by Crippen LogP contribution is 2.36. The number of likely N-dealkylation sites (tertiary alicyclic amines) is 1.